The molecule has 1 nitrogen and oxygen atoms in total. The van der Waals surface area contributed by atoms with E-state index in [1.54, 1.807) is 0 Å². The van der Waals surface area contributed by atoms with E-state index in [2.05, 4.69) is 37.8 Å². The van der Waals surface area contributed by atoms with E-state index in [0.29, 0.717) is 11.8 Å². The van der Waals surface area contributed by atoms with Gasteiger partial charge in [0, 0.05) is 11.5 Å². The summed E-state index contributed by atoms with van der Waals surface area (Å²) in [6, 6.07) is 8.30. The molecule has 1 aliphatic carbocycles. The molecule has 0 bridgehead atoms. The van der Waals surface area contributed by atoms with Gasteiger partial charge in [-0.25, -0.2) is 0 Å². The zero-order valence-electron chi connectivity index (χ0n) is 10.0. The van der Waals surface area contributed by atoms with Crippen molar-refractivity contribution in [1.29, 1.82) is 0 Å². The summed E-state index contributed by atoms with van der Waals surface area (Å²) >= 11 is 0. The van der Waals surface area contributed by atoms with Gasteiger partial charge in [-0.1, -0.05) is 37.3 Å². The summed E-state index contributed by atoms with van der Waals surface area (Å²) in [6.45, 7) is 6.14. The Bertz CT molecular complexity index is 522. The number of ether oxygens (including phenoxy) is 1. The Kier molecular flexibility index (Phi) is 2.40. The van der Waals surface area contributed by atoms with Gasteiger partial charge in [0.2, 0.25) is 0 Å². The molecule has 86 valence electrons. The lowest BCUT2D eigenvalue weighted by atomic mass is 9.81. The Morgan fingerprint density at radius 1 is 1.35 bits per heavy atom. The van der Waals surface area contributed by atoms with E-state index < -0.39 is 0 Å². The Labute approximate surface area is 102 Å². The van der Waals surface area contributed by atoms with Crippen molar-refractivity contribution in [2.24, 2.45) is 5.92 Å². The maximum absolute atomic E-state index is 5.96. The van der Waals surface area contributed by atoms with Crippen molar-refractivity contribution in [3.63, 3.8) is 0 Å². The standard InChI is InChI=1S/C16H16O/c1-3-12-8-9-16-14(10-12)11(2)13-6-4-5-7-15(13)17-16/h3-9,11-12H,1,10H2,2H3. The number of para-hydroxylation sites is 1. The first-order chi connectivity index (χ1) is 8.29. The number of hydrogen-bond donors (Lipinski definition) is 0. The summed E-state index contributed by atoms with van der Waals surface area (Å²) < 4.78 is 5.96. The van der Waals surface area contributed by atoms with Crippen LogP contribution in [-0.2, 0) is 0 Å². The third-order valence-electron chi connectivity index (χ3n) is 3.70. The molecule has 1 heteroatoms. The average Bonchev–Trinajstić information content (AvgIpc) is 2.39. The largest absolute Gasteiger partial charge is 0.457 e. The van der Waals surface area contributed by atoms with E-state index in [-0.39, 0.29) is 0 Å². The molecule has 0 saturated heterocycles. The fraction of sp³-hybridized carbons (Fsp3) is 0.250. The van der Waals surface area contributed by atoms with Crippen molar-refractivity contribution in [2.45, 2.75) is 19.3 Å². The lowest BCUT2D eigenvalue weighted by Gasteiger charge is -2.31. The predicted molar refractivity (Wildman–Crippen MR) is 70.0 cm³/mol. The summed E-state index contributed by atoms with van der Waals surface area (Å²) in [6.07, 6.45) is 7.31. The first-order valence-electron chi connectivity index (χ1n) is 6.10. The molecule has 3 rings (SSSR count). The minimum atomic E-state index is 0.447. The molecule has 1 heterocycles. The molecule has 0 saturated carbocycles. The Hall–Kier alpha value is -1.76. The van der Waals surface area contributed by atoms with Gasteiger partial charge >= 0.3 is 0 Å². The summed E-state index contributed by atoms with van der Waals surface area (Å²) in [5.74, 6) is 2.93. The lowest BCUT2D eigenvalue weighted by molar-refractivity contribution is 0.397. The number of allylic oxidation sites excluding steroid dienone is 4. The second-order valence-corrected chi connectivity index (χ2v) is 4.71. The Balaban J connectivity index is 2.03. The van der Waals surface area contributed by atoms with Gasteiger partial charge in [-0.05, 0) is 30.1 Å². The highest BCUT2D eigenvalue weighted by Crippen LogP contribution is 2.43. The van der Waals surface area contributed by atoms with Crippen LogP contribution in [0.4, 0.5) is 0 Å². The number of hydrogen-bond acceptors (Lipinski definition) is 1. The van der Waals surface area contributed by atoms with Gasteiger partial charge in [-0.15, -0.1) is 6.58 Å². The maximum atomic E-state index is 5.96. The molecule has 0 aromatic heterocycles. The van der Waals surface area contributed by atoms with Crippen LogP contribution in [0.15, 0.2) is 60.4 Å². The molecule has 17 heavy (non-hydrogen) atoms. The second kappa shape index (κ2) is 3.92. The molecule has 1 aromatic carbocycles. The van der Waals surface area contributed by atoms with Crippen molar-refractivity contribution in [3.05, 3.63) is 66.0 Å². The van der Waals surface area contributed by atoms with Gasteiger partial charge < -0.3 is 4.74 Å². The minimum absolute atomic E-state index is 0.447. The summed E-state index contributed by atoms with van der Waals surface area (Å²) in [4.78, 5) is 0. The van der Waals surface area contributed by atoms with Gasteiger partial charge in [-0.3, -0.25) is 0 Å². The van der Waals surface area contributed by atoms with Crippen molar-refractivity contribution >= 4 is 0 Å². The third-order valence-corrected chi connectivity index (χ3v) is 3.70. The van der Waals surface area contributed by atoms with Crippen LogP contribution in [0.25, 0.3) is 0 Å². The van der Waals surface area contributed by atoms with E-state index >= 15 is 0 Å². The molecule has 0 fully saturated rings. The van der Waals surface area contributed by atoms with Gasteiger partial charge in [0.15, 0.2) is 0 Å². The molecule has 0 amide bonds. The Morgan fingerprint density at radius 2 is 2.18 bits per heavy atom. The normalized spacial score (nSPS) is 25.9. The molecule has 0 spiro atoms. The smallest absolute Gasteiger partial charge is 0.131 e. The first-order valence-corrected chi connectivity index (χ1v) is 6.10. The van der Waals surface area contributed by atoms with Crippen LogP contribution in [0.1, 0.15) is 24.8 Å². The molecule has 2 aliphatic rings. The van der Waals surface area contributed by atoms with Crippen LogP contribution >= 0.6 is 0 Å². The zero-order valence-corrected chi connectivity index (χ0v) is 10.0. The number of benzene rings is 1. The highest BCUT2D eigenvalue weighted by Gasteiger charge is 2.27. The number of rotatable bonds is 1. The Morgan fingerprint density at radius 3 is 3.00 bits per heavy atom. The van der Waals surface area contributed by atoms with Crippen LogP contribution in [0.5, 0.6) is 5.75 Å². The van der Waals surface area contributed by atoms with E-state index in [9.17, 15) is 0 Å². The van der Waals surface area contributed by atoms with E-state index in [1.807, 2.05) is 18.2 Å². The fourth-order valence-electron chi connectivity index (χ4n) is 2.63. The molecule has 0 N–H and O–H groups in total. The molecule has 1 aliphatic heterocycles. The second-order valence-electron chi connectivity index (χ2n) is 4.71. The molecule has 0 radical (unpaired) electrons. The first kappa shape index (κ1) is 10.4. The molecule has 2 atom stereocenters. The van der Waals surface area contributed by atoms with Crippen LogP contribution in [-0.4, -0.2) is 0 Å². The van der Waals surface area contributed by atoms with E-state index in [1.165, 1.54) is 11.1 Å². The number of fused-ring (bicyclic) bond motifs is 1. The van der Waals surface area contributed by atoms with Crippen molar-refractivity contribution in [2.75, 3.05) is 0 Å². The zero-order chi connectivity index (χ0) is 11.8. The lowest BCUT2D eigenvalue weighted by Crippen LogP contribution is -2.17. The van der Waals surface area contributed by atoms with Crippen molar-refractivity contribution < 1.29 is 4.74 Å². The maximum Gasteiger partial charge on any atom is 0.131 e. The monoisotopic (exact) mass is 224 g/mol. The van der Waals surface area contributed by atoms with Crippen LogP contribution in [0.3, 0.4) is 0 Å². The highest BCUT2D eigenvalue weighted by atomic mass is 16.5. The predicted octanol–water partition coefficient (Wildman–Crippen LogP) is 4.20. The fourth-order valence-corrected chi connectivity index (χ4v) is 2.63. The van der Waals surface area contributed by atoms with Gasteiger partial charge in [-0.2, -0.15) is 0 Å². The average molecular weight is 224 g/mol. The topological polar surface area (TPSA) is 9.23 Å². The van der Waals surface area contributed by atoms with Crippen LogP contribution in [0.2, 0.25) is 0 Å². The molecular weight excluding hydrogens is 208 g/mol. The SMILES string of the molecule is C=CC1C=CC2=C(C1)C(C)c1ccccc1O2. The molecular formula is C16H16O. The summed E-state index contributed by atoms with van der Waals surface area (Å²) in [5.41, 5.74) is 2.69. The summed E-state index contributed by atoms with van der Waals surface area (Å²) in [7, 11) is 0. The quantitative estimate of drug-likeness (QED) is 0.650. The third kappa shape index (κ3) is 1.62. The highest BCUT2D eigenvalue weighted by molar-refractivity contribution is 5.49. The van der Waals surface area contributed by atoms with Crippen molar-refractivity contribution in [1.82, 2.24) is 0 Å². The van der Waals surface area contributed by atoms with Gasteiger partial charge in [0.25, 0.3) is 0 Å². The van der Waals surface area contributed by atoms with Crippen molar-refractivity contribution in [3.8, 4) is 5.75 Å². The summed E-state index contributed by atoms with van der Waals surface area (Å²) in [5, 5.41) is 0. The van der Waals surface area contributed by atoms with E-state index in [4.69, 9.17) is 4.74 Å². The van der Waals surface area contributed by atoms with Gasteiger partial charge in [0.05, 0.1) is 0 Å². The molecule has 1 aromatic rings. The van der Waals surface area contributed by atoms with Gasteiger partial charge in [0.1, 0.15) is 11.5 Å². The molecule has 2 unspecified atom stereocenters. The van der Waals surface area contributed by atoms with Crippen LogP contribution in [0, 0.1) is 5.92 Å². The minimum Gasteiger partial charge on any atom is -0.457 e. The van der Waals surface area contributed by atoms with Crippen LogP contribution < -0.4 is 4.74 Å². The van der Waals surface area contributed by atoms with E-state index in [0.717, 1.165) is 17.9 Å².